The van der Waals surface area contributed by atoms with Crippen molar-refractivity contribution in [3.63, 3.8) is 0 Å². The third-order valence-corrected chi connectivity index (χ3v) is 3.66. The van der Waals surface area contributed by atoms with E-state index in [2.05, 4.69) is 25.9 Å². The Morgan fingerprint density at radius 3 is 2.71 bits per heavy atom. The van der Waals surface area contributed by atoms with E-state index in [1.165, 1.54) is 6.33 Å². The fraction of sp³-hybridized carbons (Fsp3) is 0. The predicted octanol–water partition coefficient (Wildman–Crippen LogP) is 4.25. The molecule has 0 spiro atoms. The number of hydrogen-bond donors (Lipinski definition) is 0. The first-order valence-electron chi connectivity index (χ1n) is 4.94. The Morgan fingerprint density at radius 1 is 1.06 bits per heavy atom. The van der Waals surface area contributed by atoms with Crippen LogP contribution in [0.2, 0.25) is 0 Å². The van der Waals surface area contributed by atoms with Crippen LogP contribution in [0.3, 0.4) is 0 Å². The Kier molecular flexibility index (Phi) is 2.78. The molecule has 3 rings (SSSR count). The molecule has 0 aliphatic rings. The maximum atomic E-state index is 5.74. The predicted molar refractivity (Wildman–Crippen MR) is 71.6 cm³/mol. The largest absolute Gasteiger partial charge is 0.437 e. The van der Waals surface area contributed by atoms with Crippen LogP contribution in [0.1, 0.15) is 0 Å². The number of nitrogens with zero attached hydrogens (tertiary/aromatic N) is 2. The van der Waals surface area contributed by atoms with E-state index in [9.17, 15) is 0 Å². The van der Waals surface area contributed by atoms with Crippen molar-refractivity contribution in [1.82, 2.24) is 9.97 Å². The fourth-order valence-electron chi connectivity index (χ4n) is 1.45. The molecule has 84 valence electrons. The molecule has 0 radical (unpaired) electrons. The van der Waals surface area contributed by atoms with Crippen molar-refractivity contribution in [1.29, 1.82) is 0 Å². The number of benzene rings is 1. The second-order valence-corrected chi connectivity index (χ2v) is 5.20. The van der Waals surface area contributed by atoms with Gasteiger partial charge in [0.2, 0.25) is 5.88 Å². The van der Waals surface area contributed by atoms with Gasteiger partial charge in [-0.25, -0.2) is 9.97 Å². The molecule has 17 heavy (non-hydrogen) atoms. The molecule has 0 bridgehead atoms. The molecule has 0 saturated heterocycles. The maximum absolute atomic E-state index is 5.74. The summed E-state index contributed by atoms with van der Waals surface area (Å²) in [4.78, 5) is 8.33. The number of fused-ring (bicyclic) bond motifs is 1. The Morgan fingerprint density at radius 2 is 1.88 bits per heavy atom. The minimum Gasteiger partial charge on any atom is -0.437 e. The standard InChI is InChI=1S/C12H7BrN2OS/c13-8-1-3-9(4-2-8)16-12-11-10(5-6-17-11)14-7-15-12/h1-7H. The van der Waals surface area contributed by atoms with E-state index in [1.807, 2.05) is 35.7 Å². The fourth-order valence-corrected chi connectivity index (χ4v) is 2.49. The first kappa shape index (κ1) is 10.7. The summed E-state index contributed by atoms with van der Waals surface area (Å²) in [6, 6.07) is 9.61. The molecule has 3 nitrogen and oxygen atoms in total. The second-order valence-electron chi connectivity index (χ2n) is 3.37. The van der Waals surface area contributed by atoms with Gasteiger partial charge >= 0.3 is 0 Å². The molecule has 0 aliphatic heterocycles. The zero-order chi connectivity index (χ0) is 11.7. The van der Waals surface area contributed by atoms with Crippen LogP contribution < -0.4 is 4.74 Å². The van der Waals surface area contributed by atoms with E-state index in [-0.39, 0.29) is 0 Å². The van der Waals surface area contributed by atoms with Gasteiger partial charge in [0.05, 0.1) is 5.52 Å². The summed E-state index contributed by atoms with van der Waals surface area (Å²) in [5, 5.41) is 1.98. The molecule has 0 saturated carbocycles. The lowest BCUT2D eigenvalue weighted by Gasteiger charge is -2.04. The van der Waals surface area contributed by atoms with Gasteiger partial charge in [-0.05, 0) is 35.7 Å². The van der Waals surface area contributed by atoms with Crippen LogP contribution in [-0.2, 0) is 0 Å². The number of ether oxygens (including phenoxy) is 1. The summed E-state index contributed by atoms with van der Waals surface area (Å²) >= 11 is 4.96. The van der Waals surface area contributed by atoms with Crippen molar-refractivity contribution < 1.29 is 4.74 Å². The van der Waals surface area contributed by atoms with E-state index in [0.29, 0.717) is 5.88 Å². The highest BCUT2D eigenvalue weighted by Crippen LogP contribution is 2.30. The second kappa shape index (κ2) is 4.43. The van der Waals surface area contributed by atoms with Crippen molar-refractivity contribution in [2.45, 2.75) is 0 Å². The highest BCUT2D eigenvalue weighted by atomic mass is 79.9. The van der Waals surface area contributed by atoms with Crippen LogP contribution in [0.25, 0.3) is 10.2 Å². The Bertz CT molecular complexity index is 651. The summed E-state index contributed by atoms with van der Waals surface area (Å²) < 4.78 is 7.73. The molecule has 0 aliphatic carbocycles. The molecule has 1 aromatic carbocycles. The van der Waals surface area contributed by atoms with E-state index >= 15 is 0 Å². The number of rotatable bonds is 2. The smallest absolute Gasteiger partial charge is 0.240 e. The normalized spacial score (nSPS) is 10.6. The van der Waals surface area contributed by atoms with Crippen LogP contribution in [0, 0.1) is 0 Å². The number of aromatic nitrogens is 2. The highest BCUT2D eigenvalue weighted by molar-refractivity contribution is 9.10. The summed E-state index contributed by atoms with van der Waals surface area (Å²) in [6.45, 7) is 0. The van der Waals surface area contributed by atoms with Crippen molar-refractivity contribution in [2.75, 3.05) is 0 Å². The van der Waals surface area contributed by atoms with Gasteiger partial charge in [-0.15, -0.1) is 11.3 Å². The Labute approximate surface area is 110 Å². The topological polar surface area (TPSA) is 35.0 Å². The molecule has 3 aromatic rings. The number of halogens is 1. The summed E-state index contributed by atoms with van der Waals surface area (Å²) in [6.07, 6.45) is 1.52. The van der Waals surface area contributed by atoms with Crippen molar-refractivity contribution >= 4 is 37.5 Å². The molecule has 0 fully saturated rings. The monoisotopic (exact) mass is 306 g/mol. The van der Waals surface area contributed by atoms with Crippen LogP contribution in [0.5, 0.6) is 11.6 Å². The summed E-state index contributed by atoms with van der Waals surface area (Å²) in [5.41, 5.74) is 0.914. The van der Waals surface area contributed by atoms with Crippen molar-refractivity contribution in [3.8, 4) is 11.6 Å². The third kappa shape index (κ3) is 2.16. The summed E-state index contributed by atoms with van der Waals surface area (Å²) in [7, 11) is 0. The zero-order valence-electron chi connectivity index (χ0n) is 8.63. The minimum atomic E-state index is 0.604. The number of thiophene rings is 1. The lowest BCUT2D eigenvalue weighted by Crippen LogP contribution is -1.88. The lowest BCUT2D eigenvalue weighted by atomic mass is 10.3. The molecular weight excluding hydrogens is 300 g/mol. The average Bonchev–Trinajstić information content (AvgIpc) is 2.81. The van der Waals surface area contributed by atoms with Crippen molar-refractivity contribution in [2.24, 2.45) is 0 Å². The van der Waals surface area contributed by atoms with Gasteiger partial charge in [-0.2, -0.15) is 0 Å². The molecule has 2 heterocycles. The average molecular weight is 307 g/mol. The lowest BCUT2D eigenvalue weighted by molar-refractivity contribution is 0.469. The molecule has 0 atom stereocenters. The van der Waals surface area contributed by atoms with Gasteiger partial charge in [0.1, 0.15) is 16.8 Å². The minimum absolute atomic E-state index is 0.604. The molecular formula is C12H7BrN2OS. The molecule has 0 N–H and O–H groups in total. The third-order valence-electron chi connectivity index (χ3n) is 2.24. The van der Waals surface area contributed by atoms with Gasteiger partial charge in [0, 0.05) is 4.47 Å². The molecule has 2 aromatic heterocycles. The first-order valence-corrected chi connectivity index (χ1v) is 6.62. The maximum Gasteiger partial charge on any atom is 0.240 e. The quantitative estimate of drug-likeness (QED) is 0.710. The Hall–Kier alpha value is -1.46. The Balaban J connectivity index is 1.99. The van der Waals surface area contributed by atoms with Crippen LogP contribution in [0.4, 0.5) is 0 Å². The number of hydrogen-bond acceptors (Lipinski definition) is 4. The van der Waals surface area contributed by atoms with Crippen LogP contribution >= 0.6 is 27.3 Å². The van der Waals surface area contributed by atoms with Gasteiger partial charge < -0.3 is 4.74 Å². The van der Waals surface area contributed by atoms with E-state index < -0.39 is 0 Å². The molecule has 5 heteroatoms. The van der Waals surface area contributed by atoms with Crippen LogP contribution in [0.15, 0.2) is 46.5 Å². The SMILES string of the molecule is Brc1ccc(Oc2ncnc3ccsc23)cc1. The van der Waals surface area contributed by atoms with E-state index in [4.69, 9.17) is 4.74 Å². The van der Waals surface area contributed by atoms with E-state index in [1.54, 1.807) is 11.3 Å². The van der Waals surface area contributed by atoms with Crippen LogP contribution in [-0.4, -0.2) is 9.97 Å². The van der Waals surface area contributed by atoms with Gasteiger partial charge in [-0.3, -0.25) is 0 Å². The van der Waals surface area contributed by atoms with E-state index in [0.717, 1.165) is 20.4 Å². The first-order chi connectivity index (χ1) is 8.33. The van der Waals surface area contributed by atoms with Gasteiger partial charge in [0.15, 0.2) is 0 Å². The van der Waals surface area contributed by atoms with Crippen molar-refractivity contribution in [3.05, 3.63) is 46.5 Å². The van der Waals surface area contributed by atoms with Gasteiger partial charge in [-0.1, -0.05) is 15.9 Å². The highest BCUT2D eigenvalue weighted by Gasteiger charge is 2.06. The zero-order valence-corrected chi connectivity index (χ0v) is 11.0. The van der Waals surface area contributed by atoms with Gasteiger partial charge in [0.25, 0.3) is 0 Å². The summed E-state index contributed by atoms with van der Waals surface area (Å²) in [5.74, 6) is 1.37. The molecule has 0 unspecified atom stereocenters. The molecule has 0 amide bonds.